The Labute approximate surface area is 434 Å². The fourth-order valence-electron chi connectivity index (χ4n) is 12.0. The van der Waals surface area contributed by atoms with Crippen molar-refractivity contribution in [1.29, 1.82) is 0 Å². The Kier molecular flexibility index (Phi) is 9.98. The van der Waals surface area contributed by atoms with Crippen LogP contribution in [0.25, 0.3) is 82.8 Å². The highest BCUT2D eigenvalue weighted by atomic mass is 16.3. The summed E-state index contributed by atoms with van der Waals surface area (Å²) in [6.45, 7) is 0. The molecule has 0 spiro atoms. The van der Waals surface area contributed by atoms with Gasteiger partial charge in [-0.1, -0.05) is 200 Å². The van der Waals surface area contributed by atoms with Crippen LogP contribution in [0.5, 0.6) is 0 Å². The van der Waals surface area contributed by atoms with E-state index in [1.165, 1.54) is 38.8 Å². The zero-order chi connectivity index (χ0) is 49.4. The number of allylic oxidation sites excluding steroid dienone is 2. The fourth-order valence-corrected chi connectivity index (χ4v) is 12.0. The first kappa shape index (κ1) is 42.9. The second-order valence-corrected chi connectivity index (χ2v) is 19.6. The number of rotatable bonds is 8. The second-order valence-electron chi connectivity index (χ2n) is 19.6. The van der Waals surface area contributed by atoms with E-state index in [2.05, 4.69) is 257 Å². The summed E-state index contributed by atoms with van der Waals surface area (Å²) in [6, 6.07) is 84.9. The molecule has 3 aliphatic rings. The van der Waals surface area contributed by atoms with Crippen molar-refractivity contribution in [3.05, 3.63) is 283 Å². The summed E-state index contributed by atoms with van der Waals surface area (Å²) in [6.07, 6.45) is 8.74. The summed E-state index contributed by atoms with van der Waals surface area (Å²) in [5.41, 5.74) is 18.5. The van der Waals surface area contributed by atoms with Crippen molar-refractivity contribution >= 4 is 66.8 Å². The van der Waals surface area contributed by atoms with Crippen LogP contribution in [0, 0.1) is 0 Å². The van der Waals surface area contributed by atoms with Gasteiger partial charge in [-0.3, -0.25) is 0 Å². The van der Waals surface area contributed by atoms with Gasteiger partial charge >= 0.3 is 0 Å². The van der Waals surface area contributed by atoms with Crippen LogP contribution in [-0.4, -0.2) is 22.3 Å². The normalized spacial score (nSPS) is 16.8. The highest BCUT2D eigenvalue weighted by molar-refractivity contribution is 6.20. The molecular weight excluding hydrogens is 915 g/mol. The molecule has 12 aromatic rings. The van der Waals surface area contributed by atoms with Crippen LogP contribution in [0.4, 0.5) is 11.4 Å². The number of benzene rings is 10. The van der Waals surface area contributed by atoms with Gasteiger partial charge in [0.15, 0.2) is 5.84 Å². The molecule has 3 unspecified atom stereocenters. The number of anilines is 2. The minimum absolute atomic E-state index is 0.156. The maximum absolute atomic E-state index is 6.44. The number of aliphatic imine (C=N–C) groups is 2. The van der Waals surface area contributed by atoms with E-state index in [-0.39, 0.29) is 12.0 Å². The predicted octanol–water partition coefficient (Wildman–Crippen LogP) is 16.9. The highest BCUT2D eigenvalue weighted by Gasteiger charge is 2.39. The van der Waals surface area contributed by atoms with Gasteiger partial charge in [0.2, 0.25) is 0 Å². The molecule has 0 saturated heterocycles. The van der Waals surface area contributed by atoms with E-state index < -0.39 is 6.17 Å². The Bertz CT molecular complexity index is 4340. The molecule has 6 nitrogen and oxygen atoms in total. The third-order valence-electron chi connectivity index (χ3n) is 15.4. The van der Waals surface area contributed by atoms with Gasteiger partial charge < -0.3 is 19.2 Å². The fraction of sp³-hybridized carbons (Fsp3) is 0.0435. The van der Waals surface area contributed by atoms with Crippen molar-refractivity contribution in [3.63, 3.8) is 0 Å². The highest BCUT2D eigenvalue weighted by Crippen LogP contribution is 2.53. The molecule has 2 aromatic heterocycles. The van der Waals surface area contributed by atoms with E-state index in [1.807, 2.05) is 18.2 Å². The number of para-hydroxylation sites is 2. The predicted molar refractivity (Wildman–Crippen MR) is 310 cm³/mol. The van der Waals surface area contributed by atoms with E-state index in [1.54, 1.807) is 0 Å². The lowest BCUT2D eigenvalue weighted by atomic mass is 9.85. The SMILES string of the molecule is C1=CC2c3c(-c4cccc5c4c4ccc(-c6ccccc6)cc4n5-c4cc(-c5ccccc5)ccc4C4=NC(c5ccc6c(c5)oc5ccccc56)=NC(c5ccccc5)N4)cccc3N(c3ccccc3)C2C=C1. The van der Waals surface area contributed by atoms with Gasteiger partial charge in [-0.25, -0.2) is 9.98 Å². The van der Waals surface area contributed by atoms with E-state index >= 15 is 0 Å². The Morgan fingerprint density at radius 3 is 1.91 bits per heavy atom. The quantitative estimate of drug-likeness (QED) is 0.165. The summed E-state index contributed by atoms with van der Waals surface area (Å²) in [4.78, 5) is 13.4. The summed E-state index contributed by atoms with van der Waals surface area (Å²) >= 11 is 0. The molecule has 1 N–H and O–H groups in total. The number of nitrogens with zero attached hydrogens (tertiary/aromatic N) is 4. The first-order valence-corrected chi connectivity index (χ1v) is 25.8. The molecule has 3 atom stereocenters. The summed E-state index contributed by atoms with van der Waals surface area (Å²) in [7, 11) is 0. The Morgan fingerprint density at radius 1 is 0.440 bits per heavy atom. The average Bonchev–Trinajstić information content (AvgIpc) is 4.23. The molecule has 6 heteroatoms. The van der Waals surface area contributed by atoms with Gasteiger partial charge in [0.1, 0.15) is 23.2 Å². The van der Waals surface area contributed by atoms with Crippen LogP contribution in [-0.2, 0) is 0 Å². The number of amidine groups is 2. The minimum Gasteiger partial charge on any atom is -0.456 e. The number of furan rings is 1. The molecular formula is C69H47N5O. The van der Waals surface area contributed by atoms with Crippen LogP contribution < -0.4 is 10.2 Å². The Morgan fingerprint density at radius 2 is 1.09 bits per heavy atom. The third kappa shape index (κ3) is 7.09. The van der Waals surface area contributed by atoms with E-state index in [9.17, 15) is 0 Å². The number of hydrogen-bond acceptors (Lipinski definition) is 5. The number of nitrogens with one attached hydrogen (secondary N) is 1. The second kappa shape index (κ2) is 17.5. The minimum atomic E-state index is -0.417. The van der Waals surface area contributed by atoms with Crippen LogP contribution in [0.2, 0.25) is 0 Å². The first-order chi connectivity index (χ1) is 37.2. The topological polar surface area (TPSA) is 58.1 Å². The lowest BCUT2D eigenvalue weighted by Gasteiger charge is -2.28. The number of fused-ring (bicyclic) bond motifs is 9. The Balaban J connectivity index is 0.988. The zero-order valence-corrected chi connectivity index (χ0v) is 40.8. The van der Waals surface area contributed by atoms with Gasteiger partial charge in [-0.15, -0.1) is 0 Å². The molecule has 1 aliphatic carbocycles. The van der Waals surface area contributed by atoms with Crippen LogP contribution >= 0.6 is 0 Å². The third-order valence-corrected chi connectivity index (χ3v) is 15.4. The molecule has 2 aliphatic heterocycles. The van der Waals surface area contributed by atoms with Gasteiger partial charge in [-0.2, -0.15) is 0 Å². The van der Waals surface area contributed by atoms with E-state index in [4.69, 9.17) is 14.4 Å². The van der Waals surface area contributed by atoms with Crippen LogP contribution in [0.1, 0.15) is 34.3 Å². The average molecular weight is 962 g/mol. The molecule has 0 saturated carbocycles. The molecule has 4 heterocycles. The van der Waals surface area contributed by atoms with E-state index in [0.717, 1.165) is 83.4 Å². The van der Waals surface area contributed by atoms with Gasteiger partial charge in [0, 0.05) is 50.0 Å². The van der Waals surface area contributed by atoms with Crippen molar-refractivity contribution in [1.82, 2.24) is 9.88 Å². The standard InChI is InChI=1S/C69H47N5O/c1-5-19-44(20-6-1)47-35-39-56-61(41-47)74(60-33-18-30-54(66(56)60)53-29-17-32-59-65(53)55-28-13-15-31-58(55)73(59)50-25-11-4-12-26-50)62-42-48(45-21-7-2-8-22-45)36-40-57(62)69-71-67(46-23-9-3-10-24-46)70-68(72-69)49-37-38-52-51-27-14-16-34-63(51)75-64(52)43-49/h1-43,55,58,67H,(H,70,71,72). The van der Waals surface area contributed by atoms with Gasteiger partial charge in [0.05, 0.1) is 22.8 Å². The Hall–Kier alpha value is -9.78. The molecule has 0 radical (unpaired) electrons. The van der Waals surface area contributed by atoms with Gasteiger partial charge in [0.25, 0.3) is 0 Å². The zero-order valence-electron chi connectivity index (χ0n) is 40.8. The van der Waals surface area contributed by atoms with Crippen molar-refractivity contribution in [2.75, 3.05) is 4.90 Å². The molecule has 0 amide bonds. The van der Waals surface area contributed by atoms with Crippen molar-refractivity contribution in [2.45, 2.75) is 18.1 Å². The van der Waals surface area contributed by atoms with E-state index in [0.29, 0.717) is 5.84 Å². The number of hydrogen-bond donors (Lipinski definition) is 1. The molecule has 10 aromatic carbocycles. The smallest absolute Gasteiger partial charge is 0.159 e. The summed E-state index contributed by atoms with van der Waals surface area (Å²) in [5, 5.41) is 8.38. The number of aromatic nitrogens is 1. The lowest BCUT2D eigenvalue weighted by molar-refractivity contribution is 0.667. The summed E-state index contributed by atoms with van der Waals surface area (Å²) < 4.78 is 8.93. The maximum Gasteiger partial charge on any atom is 0.159 e. The van der Waals surface area contributed by atoms with Crippen molar-refractivity contribution in [2.24, 2.45) is 9.98 Å². The molecule has 15 rings (SSSR count). The van der Waals surface area contributed by atoms with Crippen LogP contribution in [0.15, 0.2) is 275 Å². The molecule has 0 fully saturated rings. The molecule has 75 heavy (non-hydrogen) atoms. The molecule has 0 bridgehead atoms. The van der Waals surface area contributed by atoms with Crippen molar-refractivity contribution in [3.8, 4) is 39.1 Å². The van der Waals surface area contributed by atoms with Gasteiger partial charge in [-0.05, 0) is 105 Å². The monoisotopic (exact) mass is 961 g/mol. The first-order valence-electron chi connectivity index (χ1n) is 25.8. The molecule has 354 valence electrons. The van der Waals surface area contributed by atoms with Crippen LogP contribution in [0.3, 0.4) is 0 Å². The maximum atomic E-state index is 6.44. The summed E-state index contributed by atoms with van der Waals surface area (Å²) in [5.74, 6) is 1.52. The largest absolute Gasteiger partial charge is 0.456 e. The lowest BCUT2D eigenvalue weighted by Crippen LogP contribution is -2.34. The van der Waals surface area contributed by atoms with Crippen molar-refractivity contribution < 1.29 is 4.42 Å².